The van der Waals surface area contributed by atoms with Crippen LogP contribution in [0, 0.1) is 11.6 Å². The molecule has 0 aliphatic carbocycles. The van der Waals surface area contributed by atoms with Gasteiger partial charge in [-0.1, -0.05) is 30.3 Å². The molecule has 3 rings (SSSR count). The SMILES string of the molecule is O=C1c2cc(F)cc(F)c2OC[C@H]1c1ccccc1. The zero-order valence-electron chi connectivity index (χ0n) is 9.90. The van der Waals surface area contributed by atoms with Gasteiger partial charge in [-0.15, -0.1) is 0 Å². The van der Waals surface area contributed by atoms with Crippen molar-refractivity contribution < 1.29 is 18.3 Å². The smallest absolute Gasteiger partial charge is 0.177 e. The average Bonchev–Trinajstić information content (AvgIpc) is 2.41. The zero-order valence-corrected chi connectivity index (χ0v) is 9.90. The van der Waals surface area contributed by atoms with Crippen LogP contribution in [-0.2, 0) is 0 Å². The Hall–Kier alpha value is -2.23. The van der Waals surface area contributed by atoms with Gasteiger partial charge in [-0.3, -0.25) is 4.79 Å². The van der Waals surface area contributed by atoms with Crippen LogP contribution in [0.4, 0.5) is 8.78 Å². The molecule has 0 spiro atoms. The van der Waals surface area contributed by atoms with Crippen LogP contribution in [0.25, 0.3) is 0 Å². The Balaban J connectivity index is 2.05. The number of ketones is 1. The Morgan fingerprint density at radius 2 is 1.84 bits per heavy atom. The number of carbonyl (C=O) groups excluding carboxylic acids is 1. The number of hydrogen-bond acceptors (Lipinski definition) is 2. The molecule has 0 bridgehead atoms. The first-order valence-electron chi connectivity index (χ1n) is 5.88. The summed E-state index contributed by atoms with van der Waals surface area (Å²) in [6, 6.07) is 10.8. The van der Waals surface area contributed by atoms with E-state index < -0.39 is 17.6 Å². The van der Waals surface area contributed by atoms with Gasteiger partial charge < -0.3 is 4.74 Å². The number of hydrogen-bond donors (Lipinski definition) is 0. The van der Waals surface area contributed by atoms with Crippen molar-refractivity contribution in [3.8, 4) is 5.75 Å². The van der Waals surface area contributed by atoms with Gasteiger partial charge in [0.15, 0.2) is 17.3 Å². The van der Waals surface area contributed by atoms with E-state index in [9.17, 15) is 13.6 Å². The van der Waals surface area contributed by atoms with E-state index in [1.54, 1.807) is 12.1 Å². The molecule has 2 nitrogen and oxygen atoms in total. The van der Waals surface area contributed by atoms with Crippen molar-refractivity contribution in [2.24, 2.45) is 0 Å². The van der Waals surface area contributed by atoms with Crippen LogP contribution in [0.2, 0.25) is 0 Å². The fourth-order valence-corrected chi connectivity index (χ4v) is 2.25. The Kier molecular flexibility index (Phi) is 2.78. The molecular formula is C15H10F2O2. The highest BCUT2D eigenvalue weighted by Crippen LogP contribution is 2.34. The van der Waals surface area contributed by atoms with E-state index in [2.05, 4.69) is 0 Å². The Morgan fingerprint density at radius 1 is 1.11 bits per heavy atom. The maximum atomic E-state index is 13.5. The molecule has 4 heteroatoms. The summed E-state index contributed by atoms with van der Waals surface area (Å²) in [6.07, 6.45) is 0. The summed E-state index contributed by atoms with van der Waals surface area (Å²) in [4.78, 5) is 12.3. The molecule has 2 aromatic carbocycles. The normalized spacial score (nSPS) is 17.8. The number of halogens is 2. The summed E-state index contributed by atoms with van der Waals surface area (Å²) in [5.74, 6) is -2.60. The third-order valence-electron chi connectivity index (χ3n) is 3.19. The first-order valence-corrected chi connectivity index (χ1v) is 5.88. The highest BCUT2D eigenvalue weighted by Gasteiger charge is 2.32. The van der Waals surface area contributed by atoms with Gasteiger partial charge >= 0.3 is 0 Å². The van der Waals surface area contributed by atoms with Crippen molar-refractivity contribution >= 4 is 5.78 Å². The Labute approximate surface area is 108 Å². The lowest BCUT2D eigenvalue weighted by molar-refractivity contribution is 0.0890. The molecule has 0 amide bonds. The van der Waals surface area contributed by atoms with Crippen molar-refractivity contribution in [1.82, 2.24) is 0 Å². The predicted octanol–water partition coefficient (Wildman–Crippen LogP) is 3.32. The van der Waals surface area contributed by atoms with Crippen LogP contribution in [0.5, 0.6) is 5.75 Å². The topological polar surface area (TPSA) is 26.3 Å². The molecular weight excluding hydrogens is 250 g/mol. The molecule has 19 heavy (non-hydrogen) atoms. The van der Waals surface area contributed by atoms with Crippen molar-refractivity contribution in [3.05, 3.63) is 65.2 Å². The molecule has 2 aromatic rings. The minimum Gasteiger partial charge on any atom is -0.489 e. The molecule has 96 valence electrons. The van der Waals surface area contributed by atoms with Gasteiger partial charge in [0.2, 0.25) is 0 Å². The van der Waals surface area contributed by atoms with Crippen molar-refractivity contribution in [2.75, 3.05) is 6.61 Å². The van der Waals surface area contributed by atoms with E-state index in [-0.39, 0.29) is 23.7 Å². The van der Waals surface area contributed by atoms with E-state index >= 15 is 0 Å². The van der Waals surface area contributed by atoms with Gasteiger partial charge in [-0.05, 0) is 11.6 Å². The molecule has 0 unspecified atom stereocenters. The molecule has 1 heterocycles. The first kappa shape index (κ1) is 11.8. The summed E-state index contributed by atoms with van der Waals surface area (Å²) in [5.41, 5.74) is 0.750. The van der Waals surface area contributed by atoms with Gasteiger partial charge in [-0.25, -0.2) is 8.78 Å². The van der Waals surface area contributed by atoms with Crippen LogP contribution in [0.15, 0.2) is 42.5 Å². The molecule has 1 aliphatic rings. The second-order valence-corrected chi connectivity index (χ2v) is 4.40. The highest BCUT2D eigenvalue weighted by atomic mass is 19.1. The zero-order chi connectivity index (χ0) is 13.4. The maximum absolute atomic E-state index is 13.5. The fourth-order valence-electron chi connectivity index (χ4n) is 2.25. The lowest BCUT2D eigenvalue weighted by Crippen LogP contribution is -2.26. The second kappa shape index (κ2) is 4.46. The van der Waals surface area contributed by atoms with E-state index in [0.717, 1.165) is 17.7 Å². The van der Waals surface area contributed by atoms with Gasteiger partial charge in [-0.2, -0.15) is 0 Å². The monoisotopic (exact) mass is 260 g/mol. The standard InChI is InChI=1S/C15H10F2O2/c16-10-6-11-14(18)12(9-4-2-1-3-5-9)8-19-15(11)13(17)7-10/h1-7,12H,8H2/t12-/m0/s1. The summed E-state index contributed by atoms with van der Waals surface area (Å²) in [7, 11) is 0. The number of fused-ring (bicyclic) bond motifs is 1. The summed E-state index contributed by atoms with van der Waals surface area (Å²) in [5, 5.41) is 0. The van der Waals surface area contributed by atoms with Gasteiger partial charge in [0.05, 0.1) is 11.5 Å². The van der Waals surface area contributed by atoms with Gasteiger partial charge in [0.1, 0.15) is 12.4 Å². The largest absolute Gasteiger partial charge is 0.489 e. The number of benzene rings is 2. The second-order valence-electron chi connectivity index (χ2n) is 4.40. The number of rotatable bonds is 1. The van der Waals surface area contributed by atoms with Crippen LogP contribution >= 0.6 is 0 Å². The molecule has 0 N–H and O–H groups in total. The van der Waals surface area contributed by atoms with E-state index in [4.69, 9.17) is 4.74 Å². The van der Waals surface area contributed by atoms with Crippen LogP contribution < -0.4 is 4.74 Å². The van der Waals surface area contributed by atoms with Gasteiger partial charge in [0, 0.05) is 6.07 Å². The summed E-state index contributed by atoms with van der Waals surface area (Å²) in [6.45, 7) is 0.0679. The average molecular weight is 260 g/mol. The molecule has 0 fully saturated rings. The highest BCUT2D eigenvalue weighted by molar-refractivity contribution is 6.04. The lowest BCUT2D eigenvalue weighted by Gasteiger charge is -2.24. The quantitative estimate of drug-likeness (QED) is 0.786. The van der Waals surface area contributed by atoms with Crippen LogP contribution in [0.1, 0.15) is 21.8 Å². The first-order chi connectivity index (χ1) is 9.16. The maximum Gasteiger partial charge on any atom is 0.177 e. The molecule has 0 aromatic heterocycles. The number of Topliss-reactive ketones (excluding diaryl/α,β-unsaturated/α-hetero) is 1. The predicted molar refractivity (Wildman–Crippen MR) is 65.4 cm³/mol. The number of ether oxygens (including phenoxy) is 1. The van der Waals surface area contributed by atoms with Crippen molar-refractivity contribution in [3.63, 3.8) is 0 Å². The molecule has 0 radical (unpaired) electrons. The van der Waals surface area contributed by atoms with E-state index in [0.29, 0.717) is 0 Å². The molecule has 1 aliphatic heterocycles. The Bertz CT molecular complexity index is 638. The molecule has 0 saturated carbocycles. The van der Waals surface area contributed by atoms with E-state index in [1.807, 2.05) is 18.2 Å². The third kappa shape index (κ3) is 1.99. The minimum atomic E-state index is -0.838. The summed E-state index contributed by atoms with van der Waals surface area (Å²) >= 11 is 0. The summed E-state index contributed by atoms with van der Waals surface area (Å²) < 4.78 is 32.0. The Morgan fingerprint density at radius 3 is 2.58 bits per heavy atom. The third-order valence-corrected chi connectivity index (χ3v) is 3.19. The van der Waals surface area contributed by atoms with Crippen LogP contribution in [-0.4, -0.2) is 12.4 Å². The lowest BCUT2D eigenvalue weighted by atomic mass is 9.89. The minimum absolute atomic E-state index is 0.0300. The van der Waals surface area contributed by atoms with Crippen molar-refractivity contribution in [1.29, 1.82) is 0 Å². The number of carbonyl (C=O) groups is 1. The van der Waals surface area contributed by atoms with Crippen LogP contribution in [0.3, 0.4) is 0 Å². The van der Waals surface area contributed by atoms with Crippen molar-refractivity contribution in [2.45, 2.75) is 5.92 Å². The van der Waals surface area contributed by atoms with E-state index in [1.165, 1.54) is 0 Å². The van der Waals surface area contributed by atoms with Gasteiger partial charge in [0.25, 0.3) is 0 Å². The molecule has 0 saturated heterocycles. The fraction of sp³-hybridized carbons (Fsp3) is 0.133. The molecule has 1 atom stereocenters.